The van der Waals surface area contributed by atoms with Crippen molar-refractivity contribution in [2.24, 2.45) is 0 Å². The molecular formula is C23H20N4. The molecule has 1 aliphatic heterocycles. The van der Waals surface area contributed by atoms with Crippen LogP contribution in [0.4, 0.5) is 5.82 Å². The summed E-state index contributed by atoms with van der Waals surface area (Å²) in [6.07, 6.45) is 2.93. The van der Waals surface area contributed by atoms with Crippen LogP contribution in [-0.2, 0) is 0 Å². The molecule has 1 fully saturated rings. The van der Waals surface area contributed by atoms with Crippen LogP contribution in [0.15, 0.2) is 79.0 Å². The molecule has 0 aliphatic carbocycles. The van der Waals surface area contributed by atoms with Gasteiger partial charge >= 0.3 is 0 Å². The first-order chi connectivity index (χ1) is 13.4. The SMILES string of the molecule is c1ccc(C2CCN(c3nc(-c4ccccn4)nc4ccccc34)C2)cc1. The van der Waals surface area contributed by atoms with Gasteiger partial charge in [0.1, 0.15) is 11.5 Å². The molecule has 4 aromatic rings. The van der Waals surface area contributed by atoms with E-state index in [2.05, 4.69) is 58.4 Å². The number of aromatic nitrogens is 3. The normalized spacial score (nSPS) is 16.7. The smallest absolute Gasteiger partial charge is 0.180 e. The van der Waals surface area contributed by atoms with Gasteiger partial charge in [-0.1, -0.05) is 48.5 Å². The Kier molecular flexibility index (Phi) is 4.02. The summed E-state index contributed by atoms with van der Waals surface area (Å²) in [5.74, 6) is 2.24. The zero-order valence-corrected chi connectivity index (χ0v) is 15.0. The highest BCUT2D eigenvalue weighted by Gasteiger charge is 2.26. The predicted molar refractivity (Wildman–Crippen MR) is 109 cm³/mol. The van der Waals surface area contributed by atoms with E-state index in [1.807, 2.05) is 24.3 Å². The lowest BCUT2D eigenvalue weighted by Crippen LogP contribution is -2.21. The highest BCUT2D eigenvalue weighted by Crippen LogP contribution is 2.34. The molecule has 27 heavy (non-hydrogen) atoms. The first kappa shape index (κ1) is 15.9. The summed E-state index contributed by atoms with van der Waals surface area (Å²) in [5.41, 5.74) is 3.18. The maximum atomic E-state index is 4.93. The zero-order valence-electron chi connectivity index (χ0n) is 15.0. The molecule has 2 aromatic carbocycles. The highest BCUT2D eigenvalue weighted by molar-refractivity contribution is 5.91. The molecule has 4 nitrogen and oxygen atoms in total. The van der Waals surface area contributed by atoms with Gasteiger partial charge in [0, 0.05) is 30.6 Å². The molecule has 1 aliphatic rings. The van der Waals surface area contributed by atoms with Gasteiger partial charge < -0.3 is 4.90 Å². The third-order valence-corrected chi connectivity index (χ3v) is 5.24. The van der Waals surface area contributed by atoms with Crippen molar-refractivity contribution in [2.75, 3.05) is 18.0 Å². The lowest BCUT2D eigenvalue weighted by molar-refractivity contribution is 0.774. The Morgan fingerprint density at radius 2 is 1.63 bits per heavy atom. The Morgan fingerprint density at radius 1 is 0.815 bits per heavy atom. The van der Waals surface area contributed by atoms with Crippen molar-refractivity contribution in [1.29, 1.82) is 0 Å². The molecule has 0 saturated carbocycles. The molecule has 0 radical (unpaired) electrons. The summed E-state index contributed by atoms with van der Waals surface area (Å²) < 4.78 is 0. The van der Waals surface area contributed by atoms with E-state index < -0.39 is 0 Å². The first-order valence-electron chi connectivity index (χ1n) is 9.36. The average molecular weight is 352 g/mol. The average Bonchev–Trinajstić information content (AvgIpc) is 3.24. The molecular weight excluding hydrogens is 332 g/mol. The minimum absolute atomic E-state index is 0.540. The maximum absolute atomic E-state index is 4.93. The van der Waals surface area contributed by atoms with Crippen molar-refractivity contribution >= 4 is 16.7 Å². The molecule has 0 N–H and O–H groups in total. The fourth-order valence-electron chi connectivity index (χ4n) is 3.86. The largest absolute Gasteiger partial charge is 0.355 e. The van der Waals surface area contributed by atoms with Gasteiger partial charge in [0.15, 0.2) is 5.82 Å². The summed E-state index contributed by atoms with van der Waals surface area (Å²) in [6, 6.07) is 24.9. The van der Waals surface area contributed by atoms with Crippen molar-refractivity contribution in [3.05, 3.63) is 84.6 Å². The van der Waals surface area contributed by atoms with Crippen LogP contribution < -0.4 is 4.90 Å². The van der Waals surface area contributed by atoms with Gasteiger partial charge in [0.2, 0.25) is 0 Å². The number of hydrogen-bond acceptors (Lipinski definition) is 4. The van der Waals surface area contributed by atoms with Crippen LogP contribution >= 0.6 is 0 Å². The second-order valence-electron chi connectivity index (χ2n) is 6.95. The Morgan fingerprint density at radius 3 is 2.48 bits per heavy atom. The molecule has 0 bridgehead atoms. The summed E-state index contributed by atoms with van der Waals surface area (Å²) in [6.45, 7) is 1.98. The van der Waals surface area contributed by atoms with Gasteiger partial charge in [-0.2, -0.15) is 0 Å². The van der Waals surface area contributed by atoms with Crippen LogP contribution in [-0.4, -0.2) is 28.0 Å². The van der Waals surface area contributed by atoms with Crippen molar-refractivity contribution in [1.82, 2.24) is 15.0 Å². The number of fused-ring (bicyclic) bond motifs is 1. The lowest BCUT2D eigenvalue weighted by Gasteiger charge is -2.20. The van der Waals surface area contributed by atoms with Crippen LogP contribution in [0, 0.1) is 0 Å². The number of para-hydroxylation sites is 1. The summed E-state index contributed by atoms with van der Waals surface area (Å²) in [5, 5.41) is 1.10. The Hall–Kier alpha value is -3.27. The third kappa shape index (κ3) is 3.04. The fourth-order valence-corrected chi connectivity index (χ4v) is 3.86. The zero-order chi connectivity index (χ0) is 18.1. The summed E-state index contributed by atoms with van der Waals surface area (Å²) >= 11 is 0. The van der Waals surface area contributed by atoms with Crippen molar-refractivity contribution in [3.63, 3.8) is 0 Å². The van der Waals surface area contributed by atoms with E-state index in [1.165, 1.54) is 5.56 Å². The highest BCUT2D eigenvalue weighted by atomic mass is 15.2. The quantitative estimate of drug-likeness (QED) is 0.537. The van der Waals surface area contributed by atoms with E-state index in [0.29, 0.717) is 11.7 Å². The number of rotatable bonds is 3. The lowest BCUT2D eigenvalue weighted by atomic mass is 9.99. The van der Waals surface area contributed by atoms with Gasteiger partial charge in [0.05, 0.1) is 5.52 Å². The molecule has 1 saturated heterocycles. The van der Waals surface area contributed by atoms with Gasteiger partial charge in [-0.05, 0) is 36.2 Å². The number of nitrogens with zero attached hydrogens (tertiary/aromatic N) is 4. The maximum Gasteiger partial charge on any atom is 0.180 e. The van der Waals surface area contributed by atoms with E-state index in [0.717, 1.165) is 41.9 Å². The fraction of sp³-hybridized carbons (Fsp3) is 0.174. The van der Waals surface area contributed by atoms with E-state index >= 15 is 0 Å². The Bertz CT molecular complexity index is 1060. The molecule has 4 heteroatoms. The Labute approximate surface area is 158 Å². The van der Waals surface area contributed by atoms with E-state index in [-0.39, 0.29) is 0 Å². The van der Waals surface area contributed by atoms with E-state index in [1.54, 1.807) is 6.20 Å². The minimum atomic E-state index is 0.540. The van der Waals surface area contributed by atoms with Gasteiger partial charge in [0.25, 0.3) is 0 Å². The second-order valence-corrected chi connectivity index (χ2v) is 6.95. The molecule has 1 unspecified atom stereocenters. The van der Waals surface area contributed by atoms with Crippen LogP contribution in [0.25, 0.3) is 22.4 Å². The van der Waals surface area contributed by atoms with Crippen LogP contribution in [0.3, 0.4) is 0 Å². The molecule has 0 spiro atoms. The van der Waals surface area contributed by atoms with Crippen LogP contribution in [0.2, 0.25) is 0 Å². The molecule has 5 rings (SSSR count). The monoisotopic (exact) mass is 352 g/mol. The number of benzene rings is 2. The van der Waals surface area contributed by atoms with Crippen molar-refractivity contribution in [2.45, 2.75) is 12.3 Å². The Balaban J connectivity index is 1.56. The van der Waals surface area contributed by atoms with Gasteiger partial charge in [-0.3, -0.25) is 4.98 Å². The van der Waals surface area contributed by atoms with Gasteiger partial charge in [-0.25, -0.2) is 9.97 Å². The van der Waals surface area contributed by atoms with Crippen LogP contribution in [0.1, 0.15) is 17.9 Å². The topological polar surface area (TPSA) is 41.9 Å². The van der Waals surface area contributed by atoms with Crippen molar-refractivity contribution < 1.29 is 0 Å². The first-order valence-corrected chi connectivity index (χ1v) is 9.36. The number of hydrogen-bond donors (Lipinski definition) is 0. The summed E-state index contributed by atoms with van der Waals surface area (Å²) in [4.78, 5) is 16.5. The van der Waals surface area contributed by atoms with Crippen molar-refractivity contribution in [3.8, 4) is 11.5 Å². The molecule has 132 valence electrons. The van der Waals surface area contributed by atoms with E-state index in [4.69, 9.17) is 9.97 Å². The number of pyridine rings is 1. The van der Waals surface area contributed by atoms with Crippen LogP contribution in [0.5, 0.6) is 0 Å². The van der Waals surface area contributed by atoms with Gasteiger partial charge in [-0.15, -0.1) is 0 Å². The standard InChI is InChI=1S/C23H20N4/c1-2-8-17(9-3-1)18-13-15-27(16-18)23-19-10-4-5-11-20(19)25-22(26-23)21-12-6-7-14-24-21/h1-12,14,18H,13,15-16H2. The molecule has 1 atom stereocenters. The summed E-state index contributed by atoms with van der Waals surface area (Å²) in [7, 11) is 0. The minimum Gasteiger partial charge on any atom is -0.355 e. The number of anilines is 1. The molecule has 2 aromatic heterocycles. The van der Waals surface area contributed by atoms with E-state index in [9.17, 15) is 0 Å². The molecule has 3 heterocycles. The third-order valence-electron chi connectivity index (χ3n) is 5.24. The molecule has 0 amide bonds. The predicted octanol–water partition coefficient (Wildman–Crippen LogP) is 4.69. The second kappa shape index (κ2) is 6.80.